The van der Waals surface area contributed by atoms with Crippen LogP contribution >= 0.6 is 34.5 Å². The van der Waals surface area contributed by atoms with Crippen molar-refractivity contribution < 1.29 is 32.9 Å². The number of rotatable bonds is 25. The van der Waals surface area contributed by atoms with Gasteiger partial charge in [-0.1, -0.05) is 71.1 Å². The van der Waals surface area contributed by atoms with Gasteiger partial charge in [0.2, 0.25) is 0 Å². The summed E-state index contributed by atoms with van der Waals surface area (Å²) in [6, 6.07) is 11.7. The zero-order chi connectivity index (χ0) is 53.9. The van der Waals surface area contributed by atoms with E-state index in [0.29, 0.717) is 79.1 Å². The number of pyridine rings is 2. The Morgan fingerprint density at radius 1 is 0.649 bits per heavy atom. The van der Waals surface area contributed by atoms with E-state index in [4.69, 9.17) is 41.6 Å². The molecule has 0 aliphatic heterocycles. The Morgan fingerprint density at radius 3 is 1.42 bits per heavy atom. The summed E-state index contributed by atoms with van der Waals surface area (Å²) in [5.74, 6) is 2.38. The first kappa shape index (κ1) is 63.8. The molecule has 0 spiro atoms. The molecule has 0 fully saturated rings. The number of ether oxygens (including phenoxy) is 1. The summed E-state index contributed by atoms with van der Waals surface area (Å²) in [4.78, 5) is 43.0. The number of carbonyl (C=O) groups is 1. The van der Waals surface area contributed by atoms with E-state index in [-0.39, 0.29) is 12.4 Å². The van der Waals surface area contributed by atoms with E-state index in [9.17, 15) is 18.5 Å². The van der Waals surface area contributed by atoms with Crippen molar-refractivity contribution >= 4 is 107 Å². The fourth-order valence-corrected chi connectivity index (χ4v) is 12.4. The minimum Gasteiger partial charge on any atom is -0.444 e. The summed E-state index contributed by atoms with van der Waals surface area (Å²) < 4.78 is 45.8. The lowest BCUT2D eigenvalue weighted by molar-refractivity contribution is 0.0523. The molecule has 4 aromatic heterocycles. The average Bonchev–Trinajstić information content (AvgIpc) is 3.95. The number of amides is 1. The summed E-state index contributed by atoms with van der Waals surface area (Å²) >= 11 is 0. The predicted octanol–water partition coefficient (Wildman–Crippen LogP) is 11.3. The first-order chi connectivity index (χ1) is 34.8. The number of hydrogen-bond donors (Lipinski definition) is 4. The number of nitrogens with zero attached hydrogens (tertiary/aromatic N) is 6. The summed E-state index contributed by atoms with van der Waals surface area (Å²) in [5.41, 5.74) is 22.1. The summed E-state index contributed by atoms with van der Waals surface area (Å²) in [6.45, 7) is 23.7. The van der Waals surface area contributed by atoms with Gasteiger partial charge in [0, 0.05) is 65.4 Å². The van der Waals surface area contributed by atoms with E-state index >= 15 is 0 Å². The van der Waals surface area contributed by atoms with Crippen LogP contribution in [0.1, 0.15) is 139 Å². The van der Waals surface area contributed by atoms with E-state index in [1.54, 1.807) is 4.73 Å². The largest absolute Gasteiger partial charge is 0.444 e. The molecular weight excluding hydrogens is 1020 g/mol. The molecule has 2 aromatic carbocycles. The Bertz CT molecular complexity index is 2850. The third-order valence-corrected chi connectivity index (χ3v) is 20.7. The van der Waals surface area contributed by atoms with Crippen LogP contribution in [0, 0.1) is 0 Å². The van der Waals surface area contributed by atoms with Gasteiger partial charge in [0.15, 0.2) is 11.6 Å². The molecular formula is C53H87ClN10O7P3+. The Kier molecular flexibility index (Phi) is 26.1. The van der Waals surface area contributed by atoms with Crippen LogP contribution in [0.3, 0.4) is 0 Å². The van der Waals surface area contributed by atoms with Crippen LogP contribution in [-0.4, -0.2) is 104 Å². The van der Waals surface area contributed by atoms with Crippen molar-refractivity contribution in [2.24, 2.45) is 5.73 Å². The standard InChI is InChI=1S/C27H42N5O4P.C22H34N5O2P.C4H10OP.ClH/c1-7-10-13-22-31-23-24(32(22)35-17-12-11-16-29-26(33)36-27(4,5)6)20-15-14-19(37(34,8-2)9-3)18-21(20)30-25(23)28;1-4-7-10-19-26-20-21(27(19)29-14-9-8-13-23)17-12-11-16(30(28,5-2)6-3)15-18(17)25-22(20)24;1-3-6(5)4-2;/h14-15,18H,7-13,16-17H2,1-6H3,(H2,28,30)(H,29,33);11-12,15H,4-10,13-14,23H2,1-3H3,(H2,24,25);3-4H2,1-2H3;1H/q;;+1;. The molecule has 0 radical (unpaired) electrons. The van der Waals surface area contributed by atoms with E-state index in [2.05, 4.69) is 29.1 Å². The highest BCUT2D eigenvalue weighted by Crippen LogP contribution is 2.45. The summed E-state index contributed by atoms with van der Waals surface area (Å²) in [5, 5.41) is 6.24. The number of halogens is 1. The number of nitrogen functional groups attached to an aromatic ring is 2. The fraction of sp³-hybridized carbons (Fsp3) is 0.604. The molecule has 4 heterocycles. The van der Waals surface area contributed by atoms with Crippen molar-refractivity contribution in [1.29, 1.82) is 0 Å². The maximum atomic E-state index is 13.3. The topological polar surface area (TPSA) is 247 Å². The van der Waals surface area contributed by atoms with Crippen LogP contribution in [0.2, 0.25) is 0 Å². The molecule has 412 valence electrons. The molecule has 0 aliphatic rings. The molecule has 0 saturated heterocycles. The highest BCUT2D eigenvalue weighted by atomic mass is 35.5. The van der Waals surface area contributed by atoms with Gasteiger partial charge in [0.25, 0.3) is 0 Å². The van der Waals surface area contributed by atoms with Crippen LogP contribution in [-0.2, 0) is 31.3 Å². The molecule has 6 rings (SSSR count). The number of imidazole rings is 2. The SMILES string of the molecule is CCCCc1nc2c(N)nc3cc(P(=O)(CC)CC)ccc3c2n1OCCCCN.CCCCc1nc2c(N)nc3cc(P(=O)(CC)CC)ccc3c2n1OCCCCNC(=O)OC(C)(C)C.CC[P+](=O)CC.Cl. The van der Waals surface area contributed by atoms with Gasteiger partial charge in [-0.25, -0.2) is 24.7 Å². The number of aromatic nitrogens is 6. The molecule has 1 amide bonds. The first-order valence-electron chi connectivity index (χ1n) is 26.6. The molecule has 0 bridgehead atoms. The Labute approximate surface area is 446 Å². The van der Waals surface area contributed by atoms with Gasteiger partial charge in [0.1, 0.15) is 79.1 Å². The number of alkyl carbamates (subject to hydrolysis) is 1. The van der Waals surface area contributed by atoms with Crippen molar-refractivity contribution in [2.75, 3.05) is 74.7 Å². The van der Waals surface area contributed by atoms with Gasteiger partial charge in [0.05, 0.1) is 11.0 Å². The van der Waals surface area contributed by atoms with Crippen LogP contribution < -0.4 is 42.8 Å². The smallest absolute Gasteiger partial charge is 0.407 e. The average molecular weight is 1100 g/mol. The van der Waals surface area contributed by atoms with Crippen LogP contribution in [0.4, 0.5) is 16.4 Å². The highest BCUT2D eigenvalue weighted by Gasteiger charge is 2.26. The van der Waals surface area contributed by atoms with Crippen molar-refractivity contribution in [3.8, 4) is 0 Å². The van der Waals surface area contributed by atoms with Crippen molar-refractivity contribution in [2.45, 2.75) is 146 Å². The summed E-state index contributed by atoms with van der Waals surface area (Å²) in [6.07, 6.45) is 12.7. The monoisotopic (exact) mass is 1100 g/mol. The highest BCUT2D eigenvalue weighted by molar-refractivity contribution is 7.71. The van der Waals surface area contributed by atoms with E-state index in [1.165, 1.54) is 0 Å². The zero-order valence-electron chi connectivity index (χ0n) is 46.1. The van der Waals surface area contributed by atoms with Crippen LogP contribution in [0.5, 0.6) is 0 Å². The molecule has 0 atom stereocenters. The van der Waals surface area contributed by atoms with Gasteiger partial charge < -0.3 is 46.1 Å². The number of carbonyl (C=O) groups excluding carboxylic acids is 1. The van der Waals surface area contributed by atoms with E-state index < -0.39 is 33.8 Å². The van der Waals surface area contributed by atoms with Gasteiger partial charge in [-0.2, -0.15) is 9.46 Å². The zero-order valence-corrected chi connectivity index (χ0v) is 49.6. The third kappa shape index (κ3) is 16.7. The number of hydrogen-bond acceptors (Lipinski definition) is 14. The van der Waals surface area contributed by atoms with Crippen molar-refractivity contribution in [3.63, 3.8) is 0 Å². The molecule has 0 saturated carbocycles. The van der Waals surface area contributed by atoms with Gasteiger partial charge in [-0.3, -0.25) is 0 Å². The predicted molar refractivity (Wildman–Crippen MR) is 313 cm³/mol. The fourth-order valence-electron chi connectivity index (χ4n) is 8.19. The molecule has 74 heavy (non-hydrogen) atoms. The maximum absolute atomic E-state index is 13.3. The van der Waals surface area contributed by atoms with Crippen LogP contribution in [0.25, 0.3) is 43.9 Å². The molecule has 7 N–H and O–H groups in total. The first-order valence-corrected chi connectivity index (χ1v) is 32.3. The Morgan fingerprint density at radius 2 is 1.07 bits per heavy atom. The number of unbranched alkanes of at least 4 members (excludes halogenated alkanes) is 4. The lowest BCUT2D eigenvalue weighted by atomic mass is 10.2. The number of nitrogens with two attached hydrogens (primary N) is 3. The van der Waals surface area contributed by atoms with E-state index in [0.717, 1.165) is 126 Å². The second-order valence-corrected chi connectivity index (χ2v) is 28.4. The lowest BCUT2D eigenvalue weighted by Crippen LogP contribution is -2.33. The summed E-state index contributed by atoms with van der Waals surface area (Å²) in [7, 11) is -5.69. The van der Waals surface area contributed by atoms with E-state index in [1.807, 2.05) is 103 Å². The van der Waals surface area contributed by atoms with Crippen LogP contribution in [0.15, 0.2) is 36.4 Å². The maximum Gasteiger partial charge on any atom is 0.407 e. The molecule has 21 heteroatoms. The number of anilines is 2. The number of benzene rings is 2. The second-order valence-electron chi connectivity index (χ2n) is 19.1. The third-order valence-electron chi connectivity index (χ3n) is 12.7. The van der Waals surface area contributed by atoms with Crippen molar-refractivity contribution in [3.05, 3.63) is 48.0 Å². The Balaban J connectivity index is 0.000000352. The van der Waals surface area contributed by atoms with Crippen molar-refractivity contribution in [1.82, 2.24) is 34.7 Å². The molecule has 0 aliphatic carbocycles. The lowest BCUT2D eigenvalue weighted by Gasteiger charge is -2.19. The number of nitrogens with one attached hydrogen (secondary N) is 1. The van der Waals surface area contributed by atoms with Gasteiger partial charge in [-0.05, 0) is 104 Å². The van der Waals surface area contributed by atoms with Gasteiger partial charge >= 0.3 is 13.9 Å². The number of fused-ring (bicyclic) bond motifs is 6. The van der Waals surface area contributed by atoms with Gasteiger partial charge in [-0.15, -0.1) is 12.4 Å². The normalized spacial score (nSPS) is 11.7. The minimum atomic E-state index is -2.46. The molecule has 17 nitrogen and oxygen atoms in total. The Hall–Kier alpha value is -4.52. The molecule has 0 unspecified atom stereocenters. The quantitative estimate of drug-likeness (QED) is 0.0308. The number of aryl methyl sites for hydroxylation is 2. The second kappa shape index (κ2) is 30.3. The minimum absolute atomic E-state index is 0. The molecule has 6 aromatic rings.